The van der Waals surface area contributed by atoms with Gasteiger partial charge in [-0.1, -0.05) is 67.9 Å². The third-order valence-electron chi connectivity index (χ3n) is 7.00. The Bertz CT molecular complexity index is 1430. The molecular formula is C31H38FN3O4S. The lowest BCUT2D eigenvalue weighted by Crippen LogP contribution is -2.53. The molecule has 0 spiro atoms. The molecule has 2 atom stereocenters. The van der Waals surface area contributed by atoms with Crippen LogP contribution < -0.4 is 9.62 Å². The summed E-state index contributed by atoms with van der Waals surface area (Å²) in [4.78, 5) is 28.7. The zero-order chi connectivity index (χ0) is 29.4. The van der Waals surface area contributed by atoms with Crippen molar-refractivity contribution in [2.75, 3.05) is 10.8 Å². The van der Waals surface area contributed by atoms with E-state index < -0.39 is 34.3 Å². The average Bonchev–Trinajstić information content (AvgIpc) is 2.93. The summed E-state index contributed by atoms with van der Waals surface area (Å²) in [7, 11) is -4.33. The van der Waals surface area contributed by atoms with Crippen molar-refractivity contribution < 1.29 is 22.4 Å². The minimum atomic E-state index is -4.33. The van der Waals surface area contributed by atoms with Crippen LogP contribution in [0, 0.1) is 19.7 Å². The van der Waals surface area contributed by atoms with E-state index in [9.17, 15) is 18.0 Å². The summed E-state index contributed by atoms with van der Waals surface area (Å²) >= 11 is 0. The third kappa shape index (κ3) is 7.27. The fourth-order valence-electron chi connectivity index (χ4n) is 4.34. The maximum Gasteiger partial charge on any atom is 0.264 e. The number of hydrogen-bond donors (Lipinski definition) is 1. The Morgan fingerprint density at radius 2 is 1.52 bits per heavy atom. The van der Waals surface area contributed by atoms with Crippen molar-refractivity contribution in [3.05, 3.63) is 95.3 Å². The molecule has 0 aliphatic carbocycles. The van der Waals surface area contributed by atoms with E-state index in [0.29, 0.717) is 12.8 Å². The van der Waals surface area contributed by atoms with Crippen LogP contribution in [0.15, 0.2) is 77.7 Å². The number of carbonyl (C=O) groups is 2. The number of hydrogen-bond acceptors (Lipinski definition) is 4. The summed E-state index contributed by atoms with van der Waals surface area (Å²) in [5.41, 5.74) is 2.36. The maximum atomic E-state index is 15.0. The summed E-state index contributed by atoms with van der Waals surface area (Å²) in [6.07, 6.45) is 1.02. The maximum absolute atomic E-state index is 15.0. The molecule has 0 radical (unpaired) electrons. The predicted octanol–water partition coefficient (Wildman–Crippen LogP) is 5.36. The number of carbonyl (C=O) groups excluding carboxylic acids is 2. The molecule has 1 N–H and O–H groups in total. The van der Waals surface area contributed by atoms with Crippen LogP contribution in [0.2, 0.25) is 0 Å². The van der Waals surface area contributed by atoms with Crippen molar-refractivity contribution in [3.63, 3.8) is 0 Å². The van der Waals surface area contributed by atoms with Gasteiger partial charge in [0.1, 0.15) is 18.4 Å². The van der Waals surface area contributed by atoms with Gasteiger partial charge in [-0.2, -0.15) is 0 Å². The molecule has 0 aromatic heterocycles. The summed E-state index contributed by atoms with van der Waals surface area (Å²) < 4.78 is 43.5. The second-order valence-corrected chi connectivity index (χ2v) is 11.8. The number of anilines is 1. The first-order valence-corrected chi connectivity index (χ1v) is 14.9. The first-order chi connectivity index (χ1) is 19.0. The fourth-order valence-corrected chi connectivity index (χ4v) is 5.76. The quantitative estimate of drug-likeness (QED) is 0.319. The first-order valence-electron chi connectivity index (χ1n) is 13.5. The number of sulfonamides is 1. The molecule has 0 bridgehead atoms. The fraction of sp³-hybridized carbons (Fsp3) is 0.355. The monoisotopic (exact) mass is 567 g/mol. The van der Waals surface area contributed by atoms with Crippen LogP contribution >= 0.6 is 0 Å². The lowest BCUT2D eigenvalue weighted by atomic mass is 10.1. The molecule has 7 nitrogen and oxygen atoms in total. The third-order valence-corrected chi connectivity index (χ3v) is 8.77. The van der Waals surface area contributed by atoms with E-state index in [-0.39, 0.29) is 29.1 Å². The second kappa shape index (κ2) is 13.6. The Balaban J connectivity index is 2.08. The number of amides is 2. The molecule has 214 valence electrons. The molecule has 0 aliphatic rings. The van der Waals surface area contributed by atoms with Gasteiger partial charge in [0.15, 0.2) is 0 Å². The molecule has 3 aromatic carbocycles. The molecule has 9 heteroatoms. The van der Waals surface area contributed by atoms with Crippen molar-refractivity contribution in [2.24, 2.45) is 0 Å². The molecule has 0 saturated carbocycles. The minimum Gasteiger partial charge on any atom is -0.352 e. The Labute approximate surface area is 237 Å². The van der Waals surface area contributed by atoms with Crippen molar-refractivity contribution in [1.29, 1.82) is 0 Å². The summed E-state index contributed by atoms with van der Waals surface area (Å²) in [5, 5.41) is 2.95. The van der Waals surface area contributed by atoms with Crippen LogP contribution in [0.5, 0.6) is 0 Å². The van der Waals surface area contributed by atoms with Crippen LogP contribution in [0.4, 0.5) is 10.1 Å². The van der Waals surface area contributed by atoms with Gasteiger partial charge >= 0.3 is 0 Å². The van der Waals surface area contributed by atoms with E-state index in [1.807, 2.05) is 52.0 Å². The molecule has 0 saturated heterocycles. The number of para-hydroxylation sites is 1. The lowest BCUT2D eigenvalue weighted by Gasteiger charge is -2.34. The largest absolute Gasteiger partial charge is 0.352 e. The summed E-state index contributed by atoms with van der Waals surface area (Å²) in [6.45, 7) is 8.77. The van der Waals surface area contributed by atoms with Crippen LogP contribution in [0.1, 0.15) is 50.3 Å². The van der Waals surface area contributed by atoms with Gasteiger partial charge in [0.2, 0.25) is 11.8 Å². The summed E-state index contributed by atoms with van der Waals surface area (Å²) in [6, 6.07) is 18.1. The number of halogens is 1. The predicted molar refractivity (Wildman–Crippen MR) is 156 cm³/mol. The molecular weight excluding hydrogens is 529 g/mol. The van der Waals surface area contributed by atoms with Gasteiger partial charge < -0.3 is 10.2 Å². The lowest BCUT2D eigenvalue weighted by molar-refractivity contribution is -0.140. The van der Waals surface area contributed by atoms with Gasteiger partial charge in [-0.05, 0) is 69.0 Å². The first kappa shape index (κ1) is 30.8. The highest BCUT2D eigenvalue weighted by Crippen LogP contribution is 2.27. The average molecular weight is 568 g/mol. The van der Waals surface area contributed by atoms with E-state index >= 15 is 4.39 Å². The zero-order valence-corrected chi connectivity index (χ0v) is 24.5. The van der Waals surface area contributed by atoms with Crippen LogP contribution in [0.3, 0.4) is 0 Å². The van der Waals surface area contributed by atoms with Crippen molar-refractivity contribution in [2.45, 2.75) is 71.0 Å². The van der Waals surface area contributed by atoms with Gasteiger partial charge in [0.25, 0.3) is 10.0 Å². The highest BCUT2D eigenvalue weighted by atomic mass is 32.2. The topological polar surface area (TPSA) is 86.8 Å². The van der Waals surface area contributed by atoms with Gasteiger partial charge in [0, 0.05) is 12.6 Å². The van der Waals surface area contributed by atoms with E-state index in [2.05, 4.69) is 5.32 Å². The molecule has 2 unspecified atom stereocenters. The van der Waals surface area contributed by atoms with E-state index in [1.54, 1.807) is 19.1 Å². The Morgan fingerprint density at radius 1 is 0.900 bits per heavy atom. The normalized spacial score (nSPS) is 12.8. The number of nitrogens with one attached hydrogen (secondary N) is 1. The van der Waals surface area contributed by atoms with Gasteiger partial charge in [0.05, 0.1) is 10.6 Å². The van der Waals surface area contributed by atoms with Crippen LogP contribution in [-0.4, -0.2) is 43.8 Å². The van der Waals surface area contributed by atoms with Gasteiger partial charge in [-0.25, -0.2) is 12.8 Å². The van der Waals surface area contributed by atoms with E-state index in [0.717, 1.165) is 27.1 Å². The number of aryl methyl sites for hydroxylation is 2. The molecule has 3 aromatic rings. The molecule has 40 heavy (non-hydrogen) atoms. The Hall–Kier alpha value is -3.72. The minimum absolute atomic E-state index is 0.0684. The SMILES string of the molecule is CCC(C)NC(=O)C(CC)N(Cc1ccccc1C)C(=O)CN(c1ccccc1F)S(=O)(=O)c1ccc(C)cc1. The van der Waals surface area contributed by atoms with Crippen molar-refractivity contribution in [1.82, 2.24) is 10.2 Å². The van der Waals surface area contributed by atoms with Crippen molar-refractivity contribution in [3.8, 4) is 0 Å². The van der Waals surface area contributed by atoms with Gasteiger partial charge in [-0.15, -0.1) is 0 Å². The standard InChI is InChI=1S/C31H38FN3O4S/c1-6-24(5)33-31(37)28(7-2)34(20-25-13-9-8-12-23(25)4)30(36)21-35(29-15-11-10-14-27(29)32)40(38,39)26-18-16-22(3)17-19-26/h8-19,24,28H,6-7,20-21H2,1-5H3,(H,33,37). The Morgan fingerprint density at radius 3 is 2.12 bits per heavy atom. The van der Waals surface area contributed by atoms with Crippen LogP contribution in [-0.2, 0) is 26.2 Å². The highest BCUT2D eigenvalue weighted by Gasteiger charge is 2.35. The molecule has 0 heterocycles. The number of nitrogens with zero attached hydrogens (tertiary/aromatic N) is 2. The Kier molecular flexibility index (Phi) is 10.5. The number of benzene rings is 3. The second-order valence-electron chi connectivity index (χ2n) is 9.97. The molecule has 0 aliphatic heterocycles. The van der Waals surface area contributed by atoms with Crippen molar-refractivity contribution >= 4 is 27.5 Å². The summed E-state index contributed by atoms with van der Waals surface area (Å²) in [5.74, 6) is -1.72. The molecule has 0 fully saturated rings. The molecule has 3 rings (SSSR count). The van der Waals surface area contributed by atoms with E-state index in [4.69, 9.17) is 0 Å². The van der Waals surface area contributed by atoms with E-state index in [1.165, 1.54) is 35.2 Å². The number of rotatable bonds is 12. The highest BCUT2D eigenvalue weighted by molar-refractivity contribution is 7.92. The van der Waals surface area contributed by atoms with Crippen LogP contribution in [0.25, 0.3) is 0 Å². The smallest absolute Gasteiger partial charge is 0.264 e. The zero-order valence-electron chi connectivity index (χ0n) is 23.7. The molecule has 2 amide bonds. The van der Waals surface area contributed by atoms with Gasteiger partial charge in [-0.3, -0.25) is 13.9 Å².